The Bertz CT molecular complexity index is 1230. The summed E-state index contributed by atoms with van der Waals surface area (Å²) in [6.45, 7) is 4.44. The van der Waals surface area contributed by atoms with E-state index in [1.807, 2.05) is 37.4 Å². The summed E-state index contributed by atoms with van der Waals surface area (Å²) in [6, 6.07) is 11.1. The molecule has 0 fully saturated rings. The molecule has 8 nitrogen and oxygen atoms in total. The maximum Gasteiger partial charge on any atom is 0.293 e. The van der Waals surface area contributed by atoms with Gasteiger partial charge >= 0.3 is 0 Å². The lowest BCUT2D eigenvalue weighted by molar-refractivity contribution is -0.384. The fourth-order valence-electron chi connectivity index (χ4n) is 4.37. The highest BCUT2D eigenvalue weighted by molar-refractivity contribution is 7.10. The van der Waals surface area contributed by atoms with Gasteiger partial charge in [0.15, 0.2) is 11.5 Å². The lowest BCUT2D eigenvalue weighted by atomic mass is 9.91. The molecular weight excluding hydrogens is 454 g/mol. The van der Waals surface area contributed by atoms with E-state index in [1.54, 1.807) is 31.6 Å². The lowest BCUT2D eigenvalue weighted by Gasteiger charge is -2.37. The third-order valence-corrected chi connectivity index (χ3v) is 7.14. The van der Waals surface area contributed by atoms with Gasteiger partial charge < -0.3 is 14.8 Å². The first-order valence-corrected chi connectivity index (χ1v) is 11.8. The first-order chi connectivity index (χ1) is 16.3. The van der Waals surface area contributed by atoms with Crippen molar-refractivity contribution in [2.75, 3.05) is 32.6 Å². The van der Waals surface area contributed by atoms with Crippen molar-refractivity contribution >= 4 is 28.6 Å². The van der Waals surface area contributed by atoms with Gasteiger partial charge in [-0.15, -0.1) is 11.3 Å². The summed E-state index contributed by atoms with van der Waals surface area (Å²) in [7, 11) is 3.22. The molecule has 0 radical (unpaired) electrons. The van der Waals surface area contributed by atoms with Gasteiger partial charge in [-0.25, -0.2) is 0 Å². The summed E-state index contributed by atoms with van der Waals surface area (Å²) in [5.74, 6) is 1.02. The summed E-state index contributed by atoms with van der Waals surface area (Å²) >= 11 is 1.63. The number of hydrogen-bond donors (Lipinski definition) is 1. The van der Waals surface area contributed by atoms with Gasteiger partial charge in [-0.2, -0.15) is 0 Å². The maximum absolute atomic E-state index is 13.1. The van der Waals surface area contributed by atoms with Crippen LogP contribution in [0.1, 0.15) is 33.2 Å². The van der Waals surface area contributed by atoms with Crippen LogP contribution in [0.25, 0.3) is 0 Å². The Balaban J connectivity index is 1.64. The standard InChI is InChI=1S/C25H27N3O5S/c1-15-10-19(20(28(30)31)11-16(15)2)26-24(29)14-27-8-7-17-12-21(32-3)22(33-4)13-18(17)25(27)23-6-5-9-34-23/h5-6,9-13,25H,7-8,14H2,1-4H3,(H,26,29)/t25-/m0/s1. The fourth-order valence-corrected chi connectivity index (χ4v) is 5.25. The molecule has 1 N–H and O–H groups in total. The highest BCUT2D eigenvalue weighted by atomic mass is 32.1. The van der Waals surface area contributed by atoms with Gasteiger partial charge in [-0.1, -0.05) is 6.07 Å². The predicted molar refractivity (Wildman–Crippen MR) is 132 cm³/mol. The van der Waals surface area contributed by atoms with E-state index in [-0.39, 0.29) is 29.9 Å². The zero-order chi connectivity index (χ0) is 24.4. The normalized spacial score (nSPS) is 15.5. The van der Waals surface area contributed by atoms with Gasteiger partial charge in [0.05, 0.1) is 31.7 Å². The van der Waals surface area contributed by atoms with E-state index in [0.717, 1.165) is 33.6 Å². The number of nitrogens with zero attached hydrogens (tertiary/aromatic N) is 2. The third kappa shape index (κ3) is 4.62. The number of nitro groups is 1. The summed E-state index contributed by atoms with van der Waals surface area (Å²) in [5, 5.41) is 16.3. The number of amides is 1. The number of thiophene rings is 1. The lowest BCUT2D eigenvalue weighted by Crippen LogP contribution is -2.41. The SMILES string of the molecule is COc1cc2c(cc1OC)[C@@H](c1cccs1)N(CC(=O)Nc1cc(C)c(C)cc1[N+](=O)[O-])CC2. The van der Waals surface area contributed by atoms with Crippen LogP contribution in [0.3, 0.4) is 0 Å². The molecule has 0 spiro atoms. The number of nitrogens with one attached hydrogen (secondary N) is 1. The van der Waals surface area contributed by atoms with E-state index in [2.05, 4.69) is 16.3 Å². The molecule has 3 aromatic rings. The van der Waals surface area contributed by atoms with Crippen LogP contribution in [0.2, 0.25) is 0 Å². The number of rotatable bonds is 7. The molecule has 0 bridgehead atoms. The number of benzene rings is 2. The average Bonchev–Trinajstić information content (AvgIpc) is 3.34. The van der Waals surface area contributed by atoms with Crippen molar-refractivity contribution in [1.29, 1.82) is 0 Å². The number of aryl methyl sites for hydroxylation is 2. The molecule has 4 rings (SSSR count). The Morgan fingerprint density at radius 3 is 2.53 bits per heavy atom. The number of methoxy groups -OCH3 is 2. The van der Waals surface area contributed by atoms with Crippen LogP contribution in [-0.4, -0.2) is 43.0 Å². The molecule has 1 aromatic heterocycles. The fraction of sp³-hybridized carbons (Fsp3) is 0.320. The van der Waals surface area contributed by atoms with Crippen LogP contribution in [-0.2, 0) is 11.2 Å². The van der Waals surface area contributed by atoms with Gasteiger partial charge in [0.25, 0.3) is 5.69 Å². The van der Waals surface area contributed by atoms with E-state index in [0.29, 0.717) is 18.0 Å². The van der Waals surface area contributed by atoms with Crippen LogP contribution >= 0.6 is 11.3 Å². The molecule has 34 heavy (non-hydrogen) atoms. The topological polar surface area (TPSA) is 93.9 Å². The molecule has 178 valence electrons. The second kappa shape index (κ2) is 9.82. The number of hydrogen-bond acceptors (Lipinski definition) is 7. The quantitative estimate of drug-likeness (QED) is 0.382. The molecule has 1 atom stereocenters. The van der Waals surface area contributed by atoms with E-state index < -0.39 is 4.92 Å². The summed E-state index contributed by atoms with van der Waals surface area (Å²) < 4.78 is 11.0. The van der Waals surface area contributed by atoms with Gasteiger partial charge in [0.2, 0.25) is 5.91 Å². The molecule has 0 saturated heterocycles. The number of fused-ring (bicyclic) bond motifs is 1. The second-order valence-electron chi connectivity index (χ2n) is 8.30. The Morgan fingerprint density at radius 1 is 1.18 bits per heavy atom. The Kier molecular flexibility index (Phi) is 6.85. The van der Waals surface area contributed by atoms with Crippen LogP contribution in [0, 0.1) is 24.0 Å². The van der Waals surface area contributed by atoms with E-state index >= 15 is 0 Å². The molecule has 1 aliphatic heterocycles. The number of ether oxygens (including phenoxy) is 2. The van der Waals surface area contributed by atoms with Crippen molar-refractivity contribution < 1.29 is 19.2 Å². The van der Waals surface area contributed by atoms with Crippen LogP contribution in [0.15, 0.2) is 41.8 Å². The summed E-state index contributed by atoms with van der Waals surface area (Å²) in [4.78, 5) is 27.4. The third-order valence-electron chi connectivity index (χ3n) is 6.22. The predicted octanol–water partition coefficient (Wildman–Crippen LogP) is 4.88. The molecule has 2 heterocycles. The minimum Gasteiger partial charge on any atom is -0.493 e. The van der Waals surface area contributed by atoms with Gasteiger partial charge in [0.1, 0.15) is 5.69 Å². The minimum atomic E-state index is -0.465. The van der Waals surface area contributed by atoms with Crippen LogP contribution in [0.5, 0.6) is 11.5 Å². The molecule has 2 aromatic carbocycles. The molecule has 9 heteroatoms. The molecule has 0 unspecified atom stereocenters. The Morgan fingerprint density at radius 2 is 1.88 bits per heavy atom. The molecular formula is C25H27N3O5S. The van der Waals surface area contributed by atoms with Crippen molar-refractivity contribution in [1.82, 2.24) is 4.90 Å². The first kappa shape index (κ1) is 23.7. The molecule has 0 saturated carbocycles. The van der Waals surface area contributed by atoms with Crippen LogP contribution in [0.4, 0.5) is 11.4 Å². The number of carbonyl (C=O) groups excluding carboxylic acids is 1. The maximum atomic E-state index is 13.1. The van der Waals surface area contributed by atoms with Crippen molar-refractivity contribution in [2.24, 2.45) is 0 Å². The van der Waals surface area contributed by atoms with Crippen molar-refractivity contribution in [3.05, 3.63) is 79.0 Å². The average molecular weight is 482 g/mol. The van der Waals surface area contributed by atoms with Crippen molar-refractivity contribution in [3.8, 4) is 11.5 Å². The zero-order valence-corrected chi connectivity index (χ0v) is 20.4. The summed E-state index contributed by atoms with van der Waals surface area (Å²) in [5.41, 5.74) is 4.01. The van der Waals surface area contributed by atoms with E-state index in [4.69, 9.17) is 9.47 Å². The van der Waals surface area contributed by atoms with Gasteiger partial charge in [0, 0.05) is 17.5 Å². The number of anilines is 1. The number of carbonyl (C=O) groups is 1. The minimum absolute atomic E-state index is 0.0976. The second-order valence-corrected chi connectivity index (χ2v) is 9.28. The first-order valence-electron chi connectivity index (χ1n) is 10.9. The number of nitro benzene ring substituents is 1. The monoisotopic (exact) mass is 481 g/mol. The largest absolute Gasteiger partial charge is 0.493 e. The van der Waals surface area contributed by atoms with Gasteiger partial charge in [-0.3, -0.25) is 19.8 Å². The van der Waals surface area contributed by atoms with Crippen molar-refractivity contribution in [3.63, 3.8) is 0 Å². The Labute approximate surface area is 202 Å². The molecule has 1 amide bonds. The molecule has 1 aliphatic rings. The zero-order valence-electron chi connectivity index (χ0n) is 19.6. The highest BCUT2D eigenvalue weighted by Crippen LogP contribution is 2.42. The van der Waals surface area contributed by atoms with Crippen molar-refractivity contribution in [2.45, 2.75) is 26.3 Å². The molecule has 0 aliphatic carbocycles. The van der Waals surface area contributed by atoms with Gasteiger partial charge in [-0.05, 0) is 72.2 Å². The highest BCUT2D eigenvalue weighted by Gasteiger charge is 2.32. The smallest absolute Gasteiger partial charge is 0.293 e. The Hall–Kier alpha value is -3.43. The van der Waals surface area contributed by atoms with E-state index in [9.17, 15) is 14.9 Å². The summed E-state index contributed by atoms with van der Waals surface area (Å²) in [6.07, 6.45) is 0.745. The van der Waals surface area contributed by atoms with E-state index in [1.165, 1.54) is 6.07 Å². The van der Waals surface area contributed by atoms with Crippen LogP contribution < -0.4 is 14.8 Å².